The first-order valence-corrected chi connectivity index (χ1v) is 7.14. The lowest BCUT2D eigenvalue weighted by Gasteiger charge is -2.04. The first-order valence-electron chi connectivity index (χ1n) is 5.08. The van der Waals surface area contributed by atoms with Crippen molar-refractivity contribution in [1.82, 2.24) is 9.97 Å². The van der Waals surface area contributed by atoms with Gasteiger partial charge in [-0.3, -0.25) is 9.78 Å². The third-order valence-corrected chi connectivity index (χ3v) is 4.15. The molecular formula is C11H10N2O3S2. The number of aromatic nitrogens is 2. The van der Waals surface area contributed by atoms with E-state index in [-0.39, 0.29) is 21.1 Å². The van der Waals surface area contributed by atoms with Gasteiger partial charge in [-0.2, -0.15) is 0 Å². The van der Waals surface area contributed by atoms with E-state index < -0.39 is 15.4 Å². The number of hydrogen-bond acceptors (Lipinski definition) is 4. The molecule has 2 aromatic rings. The number of aromatic amines is 2. The van der Waals surface area contributed by atoms with Crippen LogP contribution in [0.1, 0.15) is 5.69 Å². The molecule has 0 unspecified atom stereocenters. The van der Waals surface area contributed by atoms with Gasteiger partial charge < -0.3 is 4.98 Å². The van der Waals surface area contributed by atoms with Crippen LogP contribution < -0.4 is 5.56 Å². The summed E-state index contributed by atoms with van der Waals surface area (Å²) in [6.07, 6.45) is 0. The maximum Gasteiger partial charge on any atom is 0.251 e. The zero-order valence-electron chi connectivity index (χ0n) is 9.21. The summed E-state index contributed by atoms with van der Waals surface area (Å²) in [6.45, 7) is 0. The summed E-state index contributed by atoms with van der Waals surface area (Å²) in [5.41, 5.74) is -0.149. The minimum Gasteiger partial charge on any atom is -0.335 e. The van der Waals surface area contributed by atoms with Gasteiger partial charge in [-0.05, 0) is 24.4 Å². The summed E-state index contributed by atoms with van der Waals surface area (Å²) in [6, 6.07) is 9.24. The normalized spacial score (nSPS) is 11.3. The van der Waals surface area contributed by atoms with Crippen LogP contribution in [0.25, 0.3) is 0 Å². The Labute approximate surface area is 108 Å². The van der Waals surface area contributed by atoms with E-state index in [1.54, 1.807) is 18.2 Å². The fraction of sp³-hybridized carbons (Fsp3) is 0.0909. The second-order valence-electron chi connectivity index (χ2n) is 3.69. The van der Waals surface area contributed by atoms with E-state index in [1.165, 1.54) is 18.2 Å². The molecule has 94 valence electrons. The average molecular weight is 282 g/mol. The Morgan fingerprint density at radius 1 is 1.11 bits per heavy atom. The SMILES string of the molecule is O=c1cc(CS(=O)(=O)c2ccccc2)[nH]c(=S)[nH]1. The molecule has 7 heteroatoms. The van der Waals surface area contributed by atoms with Crippen molar-refractivity contribution < 1.29 is 8.42 Å². The molecule has 5 nitrogen and oxygen atoms in total. The lowest BCUT2D eigenvalue weighted by Crippen LogP contribution is -2.12. The first-order chi connectivity index (χ1) is 8.47. The molecule has 0 saturated carbocycles. The summed E-state index contributed by atoms with van der Waals surface area (Å²) in [4.78, 5) is 16.4. The summed E-state index contributed by atoms with van der Waals surface area (Å²) in [5.74, 6) is -0.287. The largest absolute Gasteiger partial charge is 0.335 e. The number of nitrogens with one attached hydrogen (secondary N) is 2. The molecule has 0 atom stereocenters. The summed E-state index contributed by atoms with van der Waals surface area (Å²) >= 11 is 4.79. The molecule has 0 bridgehead atoms. The summed E-state index contributed by atoms with van der Waals surface area (Å²) < 4.78 is 24.2. The first kappa shape index (κ1) is 12.7. The van der Waals surface area contributed by atoms with Crippen LogP contribution in [0.2, 0.25) is 0 Å². The molecule has 1 aromatic heterocycles. The molecule has 0 aliphatic carbocycles. The van der Waals surface area contributed by atoms with Gasteiger partial charge >= 0.3 is 0 Å². The smallest absolute Gasteiger partial charge is 0.251 e. The molecule has 2 rings (SSSR count). The predicted octanol–water partition coefficient (Wildman–Crippen LogP) is 1.41. The molecule has 0 radical (unpaired) electrons. The Balaban J connectivity index is 2.40. The molecule has 0 aliphatic rings. The monoisotopic (exact) mass is 282 g/mol. The molecule has 2 N–H and O–H groups in total. The minimum absolute atomic E-state index is 0.112. The highest BCUT2D eigenvalue weighted by molar-refractivity contribution is 7.90. The van der Waals surface area contributed by atoms with Gasteiger partial charge in [-0.15, -0.1) is 0 Å². The summed E-state index contributed by atoms with van der Waals surface area (Å²) in [5, 5.41) is 0. The van der Waals surface area contributed by atoms with E-state index >= 15 is 0 Å². The number of hydrogen-bond donors (Lipinski definition) is 2. The summed E-state index contributed by atoms with van der Waals surface area (Å²) in [7, 11) is -3.48. The lowest BCUT2D eigenvalue weighted by molar-refractivity contribution is 0.594. The van der Waals surface area contributed by atoms with Crippen LogP contribution in [0.15, 0.2) is 46.1 Å². The molecule has 18 heavy (non-hydrogen) atoms. The average Bonchev–Trinajstić information content (AvgIpc) is 2.28. The Bertz CT molecular complexity index is 732. The quantitative estimate of drug-likeness (QED) is 0.834. The van der Waals surface area contributed by atoms with Crippen LogP contribution in [0.5, 0.6) is 0 Å². The van der Waals surface area contributed by atoms with Crippen LogP contribution in [0.3, 0.4) is 0 Å². The van der Waals surface area contributed by atoms with E-state index in [1.807, 2.05) is 0 Å². The zero-order chi connectivity index (χ0) is 13.2. The predicted molar refractivity (Wildman–Crippen MR) is 69.6 cm³/mol. The van der Waals surface area contributed by atoms with Gasteiger partial charge in [0.15, 0.2) is 14.6 Å². The van der Waals surface area contributed by atoms with Crippen LogP contribution >= 0.6 is 12.2 Å². The zero-order valence-corrected chi connectivity index (χ0v) is 10.8. The molecule has 0 amide bonds. The maximum atomic E-state index is 12.1. The van der Waals surface area contributed by atoms with Crippen LogP contribution in [-0.4, -0.2) is 18.4 Å². The van der Waals surface area contributed by atoms with Gasteiger partial charge in [0.25, 0.3) is 5.56 Å². The van der Waals surface area contributed by atoms with Crippen molar-refractivity contribution in [2.75, 3.05) is 0 Å². The van der Waals surface area contributed by atoms with Crippen LogP contribution in [-0.2, 0) is 15.6 Å². The minimum atomic E-state index is -3.48. The van der Waals surface area contributed by atoms with Gasteiger partial charge in [-0.1, -0.05) is 18.2 Å². The van der Waals surface area contributed by atoms with Crippen LogP contribution in [0.4, 0.5) is 0 Å². The topological polar surface area (TPSA) is 82.8 Å². The van der Waals surface area contributed by atoms with Gasteiger partial charge in [0.05, 0.1) is 10.6 Å². The highest BCUT2D eigenvalue weighted by Gasteiger charge is 2.15. The van der Waals surface area contributed by atoms with E-state index in [0.29, 0.717) is 0 Å². The Hall–Kier alpha value is -1.73. The van der Waals surface area contributed by atoms with Gasteiger partial charge in [0, 0.05) is 11.8 Å². The number of rotatable bonds is 3. The molecule has 0 spiro atoms. The molecule has 1 aromatic carbocycles. The van der Waals surface area contributed by atoms with Crippen LogP contribution in [0, 0.1) is 4.77 Å². The van der Waals surface area contributed by atoms with Crippen molar-refractivity contribution in [3.63, 3.8) is 0 Å². The van der Waals surface area contributed by atoms with Gasteiger partial charge in [-0.25, -0.2) is 8.42 Å². The number of H-pyrrole nitrogens is 2. The number of benzene rings is 1. The standard InChI is InChI=1S/C11H10N2O3S2/c14-10-6-8(12-11(17)13-10)7-18(15,16)9-4-2-1-3-5-9/h1-6H,7H2,(H2,12,13,14,17). The Morgan fingerprint density at radius 3 is 2.39 bits per heavy atom. The maximum absolute atomic E-state index is 12.1. The molecular weight excluding hydrogens is 272 g/mol. The highest BCUT2D eigenvalue weighted by atomic mass is 32.2. The Morgan fingerprint density at radius 2 is 1.78 bits per heavy atom. The van der Waals surface area contributed by atoms with E-state index in [4.69, 9.17) is 12.2 Å². The van der Waals surface area contributed by atoms with Gasteiger partial charge in [0.2, 0.25) is 0 Å². The fourth-order valence-corrected chi connectivity index (χ4v) is 3.05. The third kappa shape index (κ3) is 2.93. The van der Waals surface area contributed by atoms with E-state index in [2.05, 4.69) is 9.97 Å². The number of sulfone groups is 1. The molecule has 0 aliphatic heterocycles. The van der Waals surface area contributed by atoms with Crippen molar-refractivity contribution in [3.8, 4) is 0 Å². The van der Waals surface area contributed by atoms with Crippen molar-refractivity contribution in [3.05, 3.63) is 57.2 Å². The van der Waals surface area contributed by atoms with Crippen molar-refractivity contribution in [2.45, 2.75) is 10.6 Å². The van der Waals surface area contributed by atoms with Crippen molar-refractivity contribution in [1.29, 1.82) is 0 Å². The van der Waals surface area contributed by atoms with E-state index in [9.17, 15) is 13.2 Å². The molecule has 1 heterocycles. The highest BCUT2D eigenvalue weighted by Crippen LogP contribution is 2.13. The third-order valence-electron chi connectivity index (χ3n) is 2.26. The van der Waals surface area contributed by atoms with Gasteiger partial charge in [0.1, 0.15) is 0 Å². The second-order valence-corrected chi connectivity index (χ2v) is 6.08. The Kier molecular flexibility index (Phi) is 3.44. The fourth-order valence-electron chi connectivity index (χ4n) is 1.51. The van der Waals surface area contributed by atoms with E-state index in [0.717, 1.165) is 0 Å². The molecule has 0 saturated heterocycles. The van der Waals surface area contributed by atoms with Crippen molar-refractivity contribution in [2.24, 2.45) is 0 Å². The van der Waals surface area contributed by atoms with Crippen molar-refractivity contribution >= 4 is 22.1 Å². The molecule has 0 fully saturated rings. The second kappa shape index (κ2) is 4.87. The lowest BCUT2D eigenvalue weighted by atomic mass is 10.4.